The number of hydrogen-bond donors (Lipinski definition) is 1. The quantitative estimate of drug-likeness (QED) is 0.914. The third-order valence-electron chi connectivity index (χ3n) is 3.49. The number of anilines is 1. The van der Waals surface area contributed by atoms with E-state index in [1.54, 1.807) is 7.11 Å². The Morgan fingerprint density at radius 1 is 1.14 bits per heavy atom. The Balaban J connectivity index is 2.20. The summed E-state index contributed by atoms with van der Waals surface area (Å²) in [5, 5.41) is 9.50. The van der Waals surface area contributed by atoms with E-state index in [9.17, 15) is 5.26 Å². The molecule has 0 spiro atoms. The second-order valence-electron chi connectivity index (χ2n) is 5.00. The predicted octanol–water partition coefficient (Wildman–Crippen LogP) is 2.51. The molecule has 0 saturated carbocycles. The van der Waals surface area contributed by atoms with Crippen LogP contribution in [-0.4, -0.2) is 20.7 Å². The minimum Gasteiger partial charge on any atom is -0.497 e. The van der Waals surface area contributed by atoms with E-state index >= 15 is 0 Å². The van der Waals surface area contributed by atoms with E-state index in [-0.39, 0.29) is 0 Å². The Labute approximate surface area is 125 Å². The molecule has 1 unspecified atom stereocenters. The van der Waals surface area contributed by atoms with Crippen LogP contribution >= 0.6 is 0 Å². The van der Waals surface area contributed by atoms with Crippen LogP contribution in [0, 0.1) is 11.3 Å². The van der Waals surface area contributed by atoms with Crippen LogP contribution in [0.25, 0.3) is 0 Å². The molecule has 0 heterocycles. The van der Waals surface area contributed by atoms with Gasteiger partial charge in [-0.25, -0.2) is 0 Å². The molecule has 2 rings (SSSR count). The summed E-state index contributed by atoms with van der Waals surface area (Å²) in [5.41, 5.74) is 7.04. The van der Waals surface area contributed by atoms with Gasteiger partial charge in [0.1, 0.15) is 11.3 Å². The van der Waals surface area contributed by atoms with Gasteiger partial charge in [0.2, 0.25) is 0 Å². The molecule has 4 heteroatoms. The highest BCUT2D eigenvalue weighted by atomic mass is 16.5. The Bertz CT molecular complexity index is 619. The van der Waals surface area contributed by atoms with Crippen molar-refractivity contribution in [1.82, 2.24) is 0 Å². The second-order valence-corrected chi connectivity index (χ2v) is 5.00. The number of hydrogen-bond acceptors (Lipinski definition) is 4. The molecule has 0 fully saturated rings. The third kappa shape index (κ3) is 3.33. The molecule has 0 saturated heterocycles. The summed E-state index contributed by atoms with van der Waals surface area (Å²) >= 11 is 0. The van der Waals surface area contributed by atoms with Crippen LogP contribution in [-0.2, 0) is 5.54 Å². The molecule has 2 N–H and O–H groups in total. The van der Waals surface area contributed by atoms with E-state index in [1.165, 1.54) is 0 Å². The molecule has 0 aliphatic heterocycles. The normalized spacial score (nSPS) is 13.0. The highest BCUT2D eigenvalue weighted by molar-refractivity contribution is 5.50. The summed E-state index contributed by atoms with van der Waals surface area (Å²) in [5.74, 6) is 0.800. The zero-order chi connectivity index (χ0) is 15.3. The summed E-state index contributed by atoms with van der Waals surface area (Å²) in [6, 6.07) is 19.3. The number of methoxy groups -OCH3 is 1. The highest BCUT2D eigenvalue weighted by Crippen LogP contribution is 2.23. The van der Waals surface area contributed by atoms with Crippen molar-refractivity contribution in [3.8, 4) is 11.8 Å². The van der Waals surface area contributed by atoms with Gasteiger partial charge in [-0.05, 0) is 29.8 Å². The van der Waals surface area contributed by atoms with E-state index in [0.29, 0.717) is 6.54 Å². The molecule has 21 heavy (non-hydrogen) atoms. The van der Waals surface area contributed by atoms with Crippen molar-refractivity contribution in [2.45, 2.75) is 5.54 Å². The van der Waals surface area contributed by atoms with E-state index < -0.39 is 5.54 Å². The molecule has 0 aromatic heterocycles. The summed E-state index contributed by atoms with van der Waals surface area (Å²) in [6.07, 6.45) is 0. The van der Waals surface area contributed by atoms with E-state index in [1.807, 2.05) is 66.5 Å². The zero-order valence-corrected chi connectivity index (χ0v) is 12.3. The van der Waals surface area contributed by atoms with Crippen molar-refractivity contribution in [2.75, 3.05) is 25.6 Å². The van der Waals surface area contributed by atoms with Gasteiger partial charge in [-0.3, -0.25) is 0 Å². The van der Waals surface area contributed by atoms with Crippen LogP contribution in [0.3, 0.4) is 0 Å². The number of nitriles is 1. The smallest absolute Gasteiger partial charge is 0.147 e. The Morgan fingerprint density at radius 2 is 1.76 bits per heavy atom. The SMILES string of the molecule is COc1ccc(N(C)CC(N)(C#N)c2ccccc2)cc1. The maximum atomic E-state index is 9.50. The van der Waals surface area contributed by atoms with Crippen molar-refractivity contribution in [2.24, 2.45) is 5.73 Å². The first-order valence-electron chi connectivity index (χ1n) is 6.70. The first kappa shape index (κ1) is 14.9. The van der Waals surface area contributed by atoms with Gasteiger partial charge in [0.15, 0.2) is 0 Å². The van der Waals surface area contributed by atoms with Gasteiger partial charge < -0.3 is 15.4 Å². The molecule has 0 radical (unpaired) electrons. The van der Waals surface area contributed by atoms with Crippen LogP contribution in [0.5, 0.6) is 5.75 Å². The number of benzene rings is 2. The Kier molecular flexibility index (Phi) is 4.46. The minimum atomic E-state index is -1.05. The van der Waals surface area contributed by atoms with Gasteiger partial charge in [0.25, 0.3) is 0 Å². The van der Waals surface area contributed by atoms with Crippen molar-refractivity contribution in [3.63, 3.8) is 0 Å². The van der Waals surface area contributed by atoms with Gasteiger partial charge in [-0.2, -0.15) is 5.26 Å². The molecule has 108 valence electrons. The van der Waals surface area contributed by atoms with E-state index in [0.717, 1.165) is 17.0 Å². The number of nitrogens with zero attached hydrogens (tertiary/aromatic N) is 2. The fraction of sp³-hybridized carbons (Fsp3) is 0.235. The first-order valence-corrected chi connectivity index (χ1v) is 6.70. The van der Waals surface area contributed by atoms with Crippen LogP contribution in [0.2, 0.25) is 0 Å². The number of likely N-dealkylation sites (N-methyl/N-ethyl adjacent to an activating group) is 1. The van der Waals surface area contributed by atoms with Crippen LogP contribution < -0.4 is 15.4 Å². The Morgan fingerprint density at radius 3 is 2.29 bits per heavy atom. The predicted molar refractivity (Wildman–Crippen MR) is 84.2 cm³/mol. The van der Waals surface area contributed by atoms with Crippen molar-refractivity contribution < 1.29 is 4.74 Å². The van der Waals surface area contributed by atoms with Gasteiger partial charge in [0.05, 0.1) is 19.7 Å². The first-order chi connectivity index (χ1) is 10.1. The maximum absolute atomic E-state index is 9.50. The average Bonchev–Trinajstić information content (AvgIpc) is 2.55. The minimum absolute atomic E-state index is 0.403. The molecular formula is C17H19N3O. The van der Waals surface area contributed by atoms with Crippen LogP contribution in [0.4, 0.5) is 5.69 Å². The topological polar surface area (TPSA) is 62.3 Å². The van der Waals surface area contributed by atoms with E-state index in [4.69, 9.17) is 10.5 Å². The summed E-state index contributed by atoms with van der Waals surface area (Å²) in [7, 11) is 3.55. The molecule has 0 amide bonds. The lowest BCUT2D eigenvalue weighted by Crippen LogP contribution is -2.45. The third-order valence-corrected chi connectivity index (χ3v) is 3.49. The largest absolute Gasteiger partial charge is 0.497 e. The molecule has 2 aromatic rings. The zero-order valence-electron chi connectivity index (χ0n) is 12.3. The average molecular weight is 281 g/mol. The van der Waals surface area contributed by atoms with Gasteiger partial charge in [0, 0.05) is 12.7 Å². The molecule has 4 nitrogen and oxygen atoms in total. The van der Waals surface area contributed by atoms with Crippen LogP contribution in [0.15, 0.2) is 54.6 Å². The number of ether oxygens (including phenoxy) is 1. The summed E-state index contributed by atoms with van der Waals surface area (Å²) < 4.78 is 5.14. The summed E-state index contributed by atoms with van der Waals surface area (Å²) in [6.45, 7) is 0.403. The lowest BCUT2D eigenvalue weighted by atomic mass is 9.92. The molecule has 0 bridgehead atoms. The number of rotatable bonds is 5. The van der Waals surface area contributed by atoms with Gasteiger partial charge in [-0.15, -0.1) is 0 Å². The molecule has 0 aliphatic carbocycles. The lowest BCUT2D eigenvalue weighted by Gasteiger charge is -2.29. The molecular weight excluding hydrogens is 262 g/mol. The number of nitrogens with two attached hydrogens (primary N) is 1. The van der Waals surface area contributed by atoms with Crippen molar-refractivity contribution in [3.05, 3.63) is 60.2 Å². The van der Waals surface area contributed by atoms with E-state index in [2.05, 4.69) is 6.07 Å². The maximum Gasteiger partial charge on any atom is 0.147 e. The Hall–Kier alpha value is -2.51. The van der Waals surface area contributed by atoms with Crippen LogP contribution in [0.1, 0.15) is 5.56 Å². The highest BCUT2D eigenvalue weighted by Gasteiger charge is 2.28. The fourth-order valence-electron chi connectivity index (χ4n) is 2.23. The van der Waals surface area contributed by atoms with Crippen molar-refractivity contribution >= 4 is 5.69 Å². The lowest BCUT2D eigenvalue weighted by molar-refractivity contribution is 0.415. The molecule has 0 aliphatic rings. The summed E-state index contributed by atoms with van der Waals surface area (Å²) in [4.78, 5) is 1.97. The fourth-order valence-corrected chi connectivity index (χ4v) is 2.23. The standard InChI is InChI=1S/C17H19N3O/c1-20(15-8-10-16(21-2)11-9-15)13-17(19,12-18)14-6-4-3-5-7-14/h3-11H,13,19H2,1-2H3. The molecule has 1 atom stereocenters. The molecule has 2 aromatic carbocycles. The van der Waals surface area contributed by atoms with Gasteiger partial charge in [-0.1, -0.05) is 30.3 Å². The van der Waals surface area contributed by atoms with Gasteiger partial charge >= 0.3 is 0 Å². The van der Waals surface area contributed by atoms with Crippen molar-refractivity contribution in [1.29, 1.82) is 5.26 Å². The second kappa shape index (κ2) is 6.29. The monoisotopic (exact) mass is 281 g/mol.